The third-order valence-corrected chi connectivity index (χ3v) is 7.31. The molecule has 0 aromatic heterocycles. The van der Waals surface area contributed by atoms with Crippen molar-refractivity contribution in [3.8, 4) is 11.1 Å². The Morgan fingerprint density at radius 1 is 0.886 bits per heavy atom. The number of likely N-dealkylation sites (tertiary alicyclic amines) is 1. The molecule has 2 heterocycles. The van der Waals surface area contributed by atoms with Crippen molar-refractivity contribution in [1.82, 2.24) is 10.2 Å². The van der Waals surface area contributed by atoms with Gasteiger partial charge in [0.2, 0.25) is 11.8 Å². The van der Waals surface area contributed by atoms with E-state index in [0.29, 0.717) is 0 Å². The maximum absolute atomic E-state index is 13.5. The normalized spacial score (nSPS) is 25.5. The zero-order valence-electron chi connectivity index (χ0n) is 19.8. The molecule has 6 heteroatoms. The van der Waals surface area contributed by atoms with Crippen LogP contribution in [0.25, 0.3) is 11.1 Å². The van der Waals surface area contributed by atoms with Gasteiger partial charge in [-0.05, 0) is 29.2 Å². The Labute approximate surface area is 204 Å². The van der Waals surface area contributed by atoms with E-state index in [4.69, 9.17) is 4.74 Å². The van der Waals surface area contributed by atoms with Crippen LogP contribution in [-0.2, 0) is 25.5 Å². The van der Waals surface area contributed by atoms with Crippen LogP contribution >= 0.6 is 0 Å². The van der Waals surface area contributed by atoms with Crippen molar-refractivity contribution in [2.45, 2.75) is 24.9 Å². The van der Waals surface area contributed by atoms with Crippen LogP contribution < -0.4 is 5.32 Å². The molecule has 3 aromatic rings. The van der Waals surface area contributed by atoms with Gasteiger partial charge in [0.15, 0.2) is 0 Å². The molecule has 2 aliphatic rings. The molecule has 6 nitrogen and oxygen atoms in total. The lowest BCUT2D eigenvalue weighted by atomic mass is 9.76. The maximum atomic E-state index is 13.5. The summed E-state index contributed by atoms with van der Waals surface area (Å²) >= 11 is 0. The number of ether oxygens (including phenoxy) is 1. The van der Waals surface area contributed by atoms with Gasteiger partial charge >= 0.3 is 5.97 Å². The molecule has 0 radical (unpaired) electrons. The highest BCUT2D eigenvalue weighted by molar-refractivity contribution is 6.09. The van der Waals surface area contributed by atoms with E-state index in [9.17, 15) is 14.4 Å². The minimum atomic E-state index is -1.35. The molecule has 35 heavy (non-hydrogen) atoms. The van der Waals surface area contributed by atoms with Crippen LogP contribution in [-0.4, -0.2) is 41.9 Å². The maximum Gasteiger partial charge on any atom is 0.327 e. The van der Waals surface area contributed by atoms with Crippen molar-refractivity contribution in [3.05, 3.63) is 96.1 Å². The summed E-state index contributed by atoms with van der Waals surface area (Å²) < 4.78 is 5.25. The predicted molar refractivity (Wildman–Crippen MR) is 132 cm³/mol. The first-order valence-corrected chi connectivity index (χ1v) is 11.9. The highest BCUT2D eigenvalue weighted by Gasteiger charge is 2.68. The number of nitrogens with one attached hydrogen (secondary N) is 1. The Hall–Kier alpha value is -3.77. The number of fused-ring (bicyclic) bond motifs is 1. The molecular weight excluding hydrogens is 440 g/mol. The van der Waals surface area contributed by atoms with Gasteiger partial charge in [-0.25, -0.2) is 0 Å². The number of esters is 1. The molecule has 3 aromatic carbocycles. The fourth-order valence-corrected chi connectivity index (χ4v) is 5.70. The van der Waals surface area contributed by atoms with Gasteiger partial charge in [0.25, 0.3) is 0 Å². The topological polar surface area (TPSA) is 75.7 Å². The fraction of sp³-hybridized carbons (Fsp3) is 0.276. The number of hydrogen-bond donors (Lipinski definition) is 1. The lowest BCUT2D eigenvalue weighted by molar-refractivity contribution is -0.154. The Bertz CT molecular complexity index is 1240. The number of methoxy groups -OCH3 is 1. The van der Waals surface area contributed by atoms with E-state index in [1.54, 1.807) is 6.92 Å². The summed E-state index contributed by atoms with van der Waals surface area (Å²) in [6, 6.07) is 27.0. The molecule has 4 atom stereocenters. The average Bonchev–Trinajstić information content (AvgIpc) is 3.38. The molecule has 2 aliphatic heterocycles. The standard InChI is InChI=1S/C29H28N2O4/c1-3-31-26(32)23-24(27(31)33)29(28(34)35-2,18-19-10-6-4-7-11-19)30-25(23)22-16-14-21(15-17-22)20-12-8-5-9-13-20/h4-17,23-25,30H,3,18H2,1-2H3/t23-,24-,25-,29-/m1/s1. The summed E-state index contributed by atoms with van der Waals surface area (Å²) in [5.74, 6) is -2.63. The number of benzene rings is 3. The summed E-state index contributed by atoms with van der Waals surface area (Å²) in [7, 11) is 1.33. The molecule has 0 aliphatic carbocycles. The highest BCUT2D eigenvalue weighted by atomic mass is 16.5. The Morgan fingerprint density at radius 2 is 1.49 bits per heavy atom. The average molecular weight is 469 g/mol. The number of nitrogens with zero attached hydrogens (tertiary/aromatic N) is 1. The molecule has 2 saturated heterocycles. The highest BCUT2D eigenvalue weighted by Crippen LogP contribution is 2.50. The van der Waals surface area contributed by atoms with Gasteiger partial charge in [-0.15, -0.1) is 0 Å². The van der Waals surface area contributed by atoms with Crippen molar-refractivity contribution in [2.75, 3.05) is 13.7 Å². The molecule has 1 N–H and O–H groups in total. The van der Waals surface area contributed by atoms with Crippen molar-refractivity contribution in [2.24, 2.45) is 11.8 Å². The lowest BCUT2D eigenvalue weighted by Crippen LogP contribution is -2.57. The van der Waals surface area contributed by atoms with E-state index in [2.05, 4.69) is 5.32 Å². The third kappa shape index (κ3) is 3.74. The minimum absolute atomic E-state index is 0.244. The van der Waals surface area contributed by atoms with E-state index in [1.165, 1.54) is 12.0 Å². The van der Waals surface area contributed by atoms with Gasteiger partial charge < -0.3 is 4.74 Å². The summed E-state index contributed by atoms with van der Waals surface area (Å²) in [5, 5.41) is 3.44. The number of carbonyl (C=O) groups excluding carboxylic acids is 3. The number of rotatable bonds is 6. The van der Waals surface area contributed by atoms with E-state index in [1.807, 2.05) is 84.9 Å². The molecular formula is C29H28N2O4. The number of carbonyl (C=O) groups is 3. The minimum Gasteiger partial charge on any atom is -0.468 e. The van der Waals surface area contributed by atoms with Crippen LogP contribution in [0.2, 0.25) is 0 Å². The first-order chi connectivity index (χ1) is 17.0. The smallest absolute Gasteiger partial charge is 0.327 e. The molecule has 2 amide bonds. The number of amides is 2. The summed E-state index contributed by atoms with van der Waals surface area (Å²) in [5.41, 5.74) is 2.54. The second-order valence-electron chi connectivity index (χ2n) is 9.16. The monoisotopic (exact) mass is 468 g/mol. The second kappa shape index (κ2) is 9.12. The van der Waals surface area contributed by atoms with Crippen LogP contribution in [0.5, 0.6) is 0 Å². The van der Waals surface area contributed by atoms with E-state index < -0.39 is 29.4 Å². The lowest BCUT2D eigenvalue weighted by Gasteiger charge is -2.32. The quantitative estimate of drug-likeness (QED) is 0.440. The molecule has 0 bridgehead atoms. The Kier molecular flexibility index (Phi) is 5.99. The zero-order chi connectivity index (χ0) is 24.6. The summed E-state index contributed by atoms with van der Waals surface area (Å²) in [4.78, 5) is 41.7. The van der Waals surface area contributed by atoms with Gasteiger partial charge in [0.05, 0.1) is 18.9 Å². The molecule has 5 rings (SSSR count). The predicted octanol–water partition coefficient (Wildman–Crippen LogP) is 3.77. The van der Waals surface area contributed by atoms with Crippen LogP contribution in [0, 0.1) is 11.8 Å². The van der Waals surface area contributed by atoms with E-state index >= 15 is 0 Å². The fourth-order valence-electron chi connectivity index (χ4n) is 5.70. The SMILES string of the molecule is CCN1C(=O)[C@H]2[C@@H](c3ccc(-c4ccccc4)cc3)N[C@@](Cc3ccccc3)(C(=O)OC)[C@H]2C1=O. The molecule has 0 saturated carbocycles. The van der Waals surface area contributed by atoms with Gasteiger partial charge in [-0.3, -0.25) is 24.6 Å². The summed E-state index contributed by atoms with van der Waals surface area (Å²) in [6.45, 7) is 2.05. The first-order valence-electron chi connectivity index (χ1n) is 11.9. The van der Waals surface area contributed by atoms with Gasteiger partial charge in [0, 0.05) is 19.0 Å². The second-order valence-corrected chi connectivity index (χ2v) is 9.16. The van der Waals surface area contributed by atoms with Crippen LogP contribution in [0.15, 0.2) is 84.9 Å². The number of hydrogen-bond acceptors (Lipinski definition) is 5. The largest absolute Gasteiger partial charge is 0.468 e. The molecule has 178 valence electrons. The van der Waals surface area contributed by atoms with Crippen LogP contribution in [0.1, 0.15) is 24.1 Å². The van der Waals surface area contributed by atoms with Gasteiger partial charge in [-0.1, -0.05) is 84.9 Å². The molecule has 0 unspecified atom stereocenters. The molecule has 0 spiro atoms. The van der Waals surface area contributed by atoms with Crippen molar-refractivity contribution < 1.29 is 19.1 Å². The van der Waals surface area contributed by atoms with E-state index in [-0.39, 0.29) is 24.8 Å². The van der Waals surface area contributed by atoms with Crippen molar-refractivity contribution in [1.29, 1.82) is 0 Å². The zero-order valence-corrected chi connectivity index (χ0v) is 19.8. The van der Waals surface area contributed by atoms with Gasteiger partial charge in [0.1, 0.15) is 5.54 Å². The van der Waals surface area contributed by atoms with Crippen molar-refractivity contribution >= 4 is 17.8 Å². The third-order valence-electron chi connectivity index (χ3n) is 7.31. The number of imide groups is 1. The first kappa shape index (κ1) is 23.0. The van der Waals surface area contributed by atoms with Crippen LogP contribution in [0.3, 0.4) is 0 Å². The van der Waals surface area contributed by atoms with Crippen LogP contribution in [0.4, 0.5) is 0 Å². The Morgan fingerprint density at radius 3 is 2.09 bits per heavy atom. The Balaban J connectivity index is 1.59. The van der Waals surface area contributed by atoms with Crippen molar-refractivity contribution in [3.63, 3.8) is 0 Å². The summed E-state index contributed by atoms with van der Waals surface area (Å²) in [6.07, 6.45) is 0.247. The van der Waals surface area contributed by atoms with Gasteiger partial charge in [-0.2, -0.15) is 0 Å². The van der Waals surface area contributed by atoms with E-state index in [0.717, 1.165) is 22.3 Å². The molecule has 2 fully saturated rings.